The standard InChI is InChI=1S/C52H32N2O/c1-2-12-33(13-3-1)34-23-25-36(26-24-34)54(37-27-28-49-42(31-37)41-30-35-14-11-29-53-47(35)32-50(41)55-49)48-22-10-21-46-51(48)40-17-6-9-20-45(40)52(46)43-18-7-4-15-38(43)39-16-5-8-19-44(39)52/h1-32H. The zero-order valence-electron chi connectivity index (χ0n) is 29.8. The van der Waals surface area contributed by atoms with Crippen LogP contribution in [0.2, 0.25) is 0 Å². The number of nitrogens with zero attached hydrogens (tertiary/aromatic N) is 2. The highest BCUT2D eigenvalue weighted by Crippen LogP contribution is 2.64. The van der Waals surface area contributed by atoms with E-state index in [-0.39, 0.29) is 0 Å². The van der Waals surface area contributed by atoms with Crippen LogP contribution in [0.1, 0.15) is 22.3 Å². The van der Waals surface area contributed by atoms with Gasteiger partial charge in [-0.05, 0) is 98.6 Å². The van der Waals surface area contributed by atoms with Crippen molar-refractivity contribution in [3.05, 3.63) is 217 Å². The molecule has 0 unspecified atom stereocenters. The molecule has 0 atom stereocenters. The van der Waals surface area contributed by atoms with Crippen LogP contribution in [0.4, 0.5) is 17.1 Å². The van der Waals surface area contributed by atoms with Gasteiger partial charge >= 0.3 is 0 Å². The van der Waals surface area contributed by atoms with E-state index in [1.807, 2.05) is 12.3 Å². The maximum Gasteiger partial charge on any atom is 0.137 e. The summed E-state index contributed by atoms with van der Waals surface area (Å²) in [5, 5.41) is 3.25. The Morgan fingerprint density at radius 2 is 1.05 bits per heavy atom. The number of anilines is 3. The molecule has 2 heterocycles. The number of aromatic nitrogens is 1. The van der Waals surface area contributed by atoms with Crippen LogP contribution in [0.15, 0.2) is 199 Å². The summed E-state index contributed by atoms with van der Waals surface area (Å²) in [7, 11) is 0. The third kappa shape index (κ3) is 4.18. The number of hydrogen-bond donors (Lipinski definition) is 0. The first kappa shape index (κ1) is 30.3. The second kappa shape index (κ2) is 11.4. The summed E-state index contributed by atoms with van der Waals surface area (Å²) in [6.07, 6.45) is 1.83. The lowest BCUT2D eigenvalue weighted by Gasteiger charge is -2.31. The molecule has 55 heavy (non-hydrogen) atoms. The molecule has 10 aromatic rings. The molecule has 2 aliphatic rings. The zero-order valence-corrected chi connectivity index (χ0v) is 29.8. The van der Waals surface area contributed by atoms with Crippen LogP contribution in [0.5, 0.6) is 0 Å². The Kier molecular flexibility index (Phi) is 6.26. The third-order valence-electron chi connectivity index (χ3n) is 11.9. The molecule has 0 amide bonds. The molecule has 0 N–H and O–H groups in total. The van der Waals surface area contributed by atoms with Gasteiger partial charge in [-0.3, -0.25) is 4.98 Å². The fourth-order valence-corrected chi connectivity index (χ4v) is 9.64. The lowest BCUT2D eigenvalue weighted by molar-refractivity contribution is 0.669. The van der Waals surface area contributed by atoms with Gasteiger partial charge in [0.05, 0.1) is 16.6 Å². The van der Waals surface area contributed by atoms with Crippen molar-refractivity contribution in [1.82, 2.24) is 4.98 Å². The van der Waals surface area contributed by atoms with E-state index < -0.39 is 5.41 Å². The highest BCUT2D eigenvalue weighted by molar-refractivity contribution is 6.11. The van der Waals surface area contributed by atoms with Gasteiger partial charge < -0.3 is 9.32 Å². The summed E-state index contributed by atoms with van der Waals surface area (Å²) in [4.78, 5) is 7.04. The highest BCUT2D eigenvalue weighted by Gasteiger charge is 2.52. The molecule has 0 radical (unpaired) electrons. The van der Waals surface area contributed by atoms with Gasteiger partial charge in [0, 0.05) is 45.4 Å². The van der Waals surface area contributed by atoms with Crippen molar-refractivity contribution in [2.45, 2.75) is 5.41 Å². The van der Waals surface area contributed by atoms with Crippen molar-refractivity contribution in [1.29, 1.82) is 0 Å². The molecule has 0 bridgehead atoms. The molecule has 12 rings (SSSR count). The van der Waals surface area contributed by atoms with Gasteiger partial charge in [-0.2, -0.15) is 0 Å². The van der Waals surface area contributed by atoms with E-state index in [4.69, 9.17) is 4.42 Å². The van der Waals surface area contributed by atoms with Crippen molar-refractivity contribution in [3.8, 4) is 33.4 Å². The molecular formula is C52H32N2O. The summed E-state index contributed by atoms with van der Waals surface area (Å²) in [6, 6.07) is 68.5. The van der Waals surface area contributed by atoms with Gasteiger partial charge in [-0.25, -0.2) is 0 Å². The van der Waals surface area contributed by atoms with E-state index >= 15 is 0 Å². The number of benzene rings is 8. The Balaban J connectivity index is 1.14. The predicted molar refractivity (Wildman–Crippen MR) is 225 cm³/mol. The van der Waals surface area contributed by atoms with Crippen LogP contribution in [0.3, 0.4) is 0 Å². The number of rotatable bonds is 4. The molecule has 0 aliphatic heterocycles. The minimum absolute atomic E-state index is 0.433. The van der Waals surface area contributed by atoms with Crippen molar-refractivity contribution < 1.29 is 4.42 Å². The molecule has 1 spiro atoms. The number of furan rings is 1. The first-order valence-electron chi connectivity index (χ1n) is 18.9. The van der Waals surface area contributed by atoms with E-state index in [9.17, 15) is 0 Å². The Labute approximate surface area is 318 Å². The van der Waals surface area contributed by atoms with Gasteiger partial charge in [0.15, 0.2) is 0 Å². The normalized spacial score (nSPS) is 13.2. The Bertz CT molecular complexity index is 3110. The largest absolute Gasteiger partial charge is 0.456 e. The first-order valence-corrected chi connectivity index (χ1v) is 18.9. The van der Waals surface area contributed by atoms with Crippen LogP contribution in [0, 0.1) is 0 Å². The fraction of sp³-hybridized carbons (Fsp3) is 0.0192. The second-order valence-corrected chi connectivity index (χ2v) is 14.7. The van der Waals surface area contributed by atoms with Crippen LogP contribution in [-0.2, 0) is 5.41 Å². The highest BCUT2D eigenvalue weighted by atomic mass is 16.3. The minimum Gasteiger partial charge on any atom is -0.456 e. The number of hydrogen-bond acceptors (Lipinski definition) is 3. The summed E-state index contributed by atoms with van der Waals surface area (Å²) in [5.74, 6) is 0. The topological polar surface area (TPSA) is 29.3 Å². The van der Waals surface area contributed by atoms with Crippen molar-refractivity contribution in [2.75, 3.05) is 4.90 Å². The molecule has 3 heteroatoms. The lowest BCUT2D eigenvalue weighted by Crippen LogP contribution is -2.26. The first-order chi connectivity index (χ1) is 27.3. The maximum absolute atomic E-state index is 6.46. The average molecular weight is 701 g/mol. The lowest BCUT2D eigenvalue weighted by atomic mass is 9.70. The van der Waals surface area contributed by atoms with Gasteiger partial charge in [-0.15, -0.1) is 0 Å². The average Bonchev–Trinajstić information content (AvgIpc) is 3.87. The van der Waals surface area contributed by atoms with Crippen molar-refractivity contribution >= 4 is 49.9 Å². The molecule has 8 aromatic carbocycles. The molecule has 2 aliphatic carbocycles. The fourth-order valence-electron chi connectivity index (χ4n) is 9.64. The van der Waals surface area contributed by atoms with E-state index in [2.05, 4.69) is 192 Å². The van der Waals surface area contributed by atoms with Crippen LogP contribution >= 0.6 is 0 Å². The van der Waals surface area contributed by atoms with Gasteiger partial charge in [0.2, 0.25) is 0 Å². The summed E-state index contributed by atoms with van der Waals surface area (Å²) < 4.78 is 6.46. The molecule has 2 aromatic heterocycles. The Hall–Kier alpha value is -7.23. The monoisotopic (exact) mass is 700 g/mol. The molecular weight excluding hydrogens is 669 g/mol. The number of pyridine rings is 1. The van der Waals surface area contributed by atoms with E-state index in [1.165, 1.54) is 55.6 Å². The van der Waals surface area contributed by atoms with Gasteiger partial charge in [0.1, 0.15) is 11.2 Å². The molecule has 256 valence electrons. The Morgan fingerprint density at radius 1 is 0.436 bits per heavy atom. The maximum atomic E-state index is 6.46. The van der Waals surface area contributed by atoms with Crippen molar-refractivity contribution in [3.63, 3.8) is 0 Å². The van der Waals surface area contributed by atoms with E-state index in [0.29, 0.717) is 0 Å². The van der Waals surface area contributed by atoms with E-state index in [1.54, 1.807) is 0 Å². The summed E-state index contributed by atoms with van der Waals surface area (Å²) >= 11 is 0. The van der Waals surface area contributed by atoms with Crippen LogP contribution in [-0.4, -0.2) is 4.98 Å². The van der Waals surface area contributed by atoms with Crippen molar-refractivity contribution in [2.24, 2.45) is 0 Å². The molecule has 0 saturated carbocycles. The molecule has 0 saturated heterocycles. The smallest absolute Gasteiger partial charge is 0.137 e. The summed E-state index contributed by atoms with van der Waals surface area (Å²) in [5.41, 5.74) is 18.3. The molecule has 3 nitrogen and oxygen atoms in total. The van der Waals surface area contributed by atoms with E-state index in [0.717, 1.165) is 49.9 Å². The minimum atomic E-state index is -0.433. The molecule has 0 fully saturated rings. The predicted octanol–water partition coefficient (Wildman–Crippen LogP) is 13.6. The van der Waals surface area contributed by atoms with Gasteiger partial charge in [-0.1, -0.05) is 133 Å². The second-order valence-electron chi connectivity index (χ2n) is 14.7. The van der Waals surface area contributed by atoms with Crippen LogP contribution < -0.4 is 4.90 Å². The SMILES string of the molecule is c1ccc(-c2ccc(N(c3ccc4oc5cc6ncccc6cc5c4c3)c3cccc4c3-c3ccccc3C43c4ccccc4-c4ccccc43)cc2)cc1. The summed E-state index contributed by atoms with van der Waals surface area (Å²) in [6.45, 7) is 0. The van der Waals surface area contributed by atoms with Crippen LogP contribution in [0.25, 0.3) is 66.2 Å². The number of fused-ring (bicyclic) bond motifs is 14. The third-order valence-corrected chi connectivity index (χ3v) is 11.9. The quantitative estimate of drug-likeness (QED) is 0.183. The Morgan fingerprint density at radius 3 is 1.82 bits per heavy atom. The zero-order chi connectivity index (χ0) is 36.1. The van der Waals surface area contributed by atoms with Gasteiger partial charge in [0.25, 0.3) is 0 Å².